The number of hydrogen-bond donors (Lipinski definition) is 0. The molecule has 1 aromatic heterocycles. The second-order valence-electron chi connectivity index (χ2n) is 7.66. The van der Waals surface area contributed by atoms with Crippen molar-refractivity contribution >= 4 is 11.8 Å². The van der Waals surface area contributed by atoms with Crippen molar-refractivity contribution in [3.8, 4) is 5.75 Å². The average Bonchev–Trinajstić information content (AvgIpc) is 3.23. The summed E-state index contributed by atoms with van der Waals surface area (Å²) in [6.07, 6.45) is 4.73. The predicted molar refractivity (Wildman–Crippen MR) is 107 cm³/mol. The summed E-state index contributed by atoms with van der Waals surface area (Å²) in [6, 6.07) is 7.55. The van der Waals surface area contributed by atoms with Crippen molar-refractivity contribution in [2.45, 2.75) is 45.2 Å². The highest BCUT2D eigenvalue weighted by atomic mass is 16.5. The number of likely N-dealkylation sites (tertiary alicyclic amines) is 1. The molecule has 0 N–H and O–H groups in total. The first-order valence-corrected chi connectivity index (χ1v) is 10.1. The fourth-order valence-corrected chi connectivity index (χ4v) is 4.15. The molecular formula is C22H26N4O3. The van der Waals surface area contributed by atoms with Gasteiger partial charge in [-0.1, -0.05) is 12.1 Å². The van der Waals surface area contributed by atoms with Crippen LogP contribution in [0.5, 0.6) is 5.75 Å². The first-order valence-electron chi connectivity index (χ1n) is 10.1. The Morgan fingerprint density at radius 1 is 1.28 bits per heavy atom. The van der Waals surface area contributed by atoms with Crippen molar-refractivity contribution in [3.05, 3.63) is 53.1 Å². The van der Waals surface area contributed by atoms with E-state index in [9.17, 15) is 9.59 Å². The summed E-state index contributed by atoms with van der Waals surface area (Å²) in [6.45, 7) is 3.56. The van der Waals surface area contributed by atoms with E-state index in [-0.39, 0.29) is 17.9 Å². The number of methoxy groups -OCH3 is 1. The molecule has 29 heavy (non-hydrogen) atoms. The quantitative estimate of drug-likeness (QED) is 0.795. The zero-order chi connectivity index (χ0) is 20.4. The Morgan fingerprint density at radius 3 is 2.93 bits per heavy atom. The van der Waals surface area contributed by atoms with Crippen LogP contribution in [0.25, 0.3) is 0 Å². The van der Waals surface area contributed by atoms with Crippen molar-refractivity contribution in [1.29, 1.82) is 0 Å². The van der Waals surface area contributed by atoms with E-state index >= 15 is 0 Å². The van der Waals surface area contributed by atoms with Gasteiger partial charge in [0.25, 0.3) is 0 Å². The van der Waals surface area contributed by atoms with Gasteiger partial charge in [-0.25, -0.2) is 9.97 Å². The maximum absolute atomic E-state index is 13.0. The molecule has 2 aliphatic heterocycles. The molecule has 1 saturated heterocycles. The molecule has 4 rings (SSSR count). The summed E-state index contributed by atoms with van der Waals surface area (Å²) in [7, 11) is 1.63. The van der Waals surface area contributed by atoms with E-state index in [0.29, 0.717) is 19.5 Å². The molecule has 1 atom stereocenters. The molecule has 0 spiro atoms. The molecule has 0 bridgehead atoms. The lowest BCUT2D eigenvalue weighted by atomic mass is 10.1. The van der Waals surface area contributed by atoms with Gasteiger partial charge in [0.15, 0.2) is 5.82 Å². The van der Waals surface area contributed by atoms with E-state index in [2.05, 4.69) is 4.98 Å². The number of fused-ring (bicyclic) bond motifs is 1. The summed E-state index contributed by atoms with van der Waals surface area (Å²) in [5.74, 6) is 1.64. The SMILES string of the molecule is COc1cccc(CC(=O)N2CCC[C@@H]2c2ncc3c(n2)CCN(C(C)=O)C3)c1. The Bertz CT molecular complexity index is 930. The molecule has 2 aromatic rings. The normalized spacial score (nSPS) is 18.5. The standard InChI is InChI=1S/C22H26N4O3/c1-15(27)25-10-8-19-17(14-25)13-23-22(24-19)20-7-4-9-26(20)21(28)12-16-5-3-6-18(11-16)29-2/h3,5-6,11,13,20H,4,7-10,12,14H2,1-2H3/t20-/m1/s1. The molecule has 0 aliphatic carbocycles. The van der Waals surface area contributed by atoms with Gasteiger partial charge in [-0.15, -0.1) is 0 Å². The largest absolute Gasteiger partial charge is 0.497 e. The highest BCUT2D eigenvalue weighted by Crippen LogP contribution is 2.31. The third-order valence-corrected chi connectivity index (χ3v) is 5.76. The summed E-state index contributed by atoms with van der Waals surface area (Å²) in [5, 5.41) is 0. The highest BCUT2D eigenvalue weighted by Gasteiger charge is 2.32. The van der Waals surface area contributed by atoms with Crippen LogP contribution in [0.1, 0.15) is 48.5 Å². The molecule has 152 valence electrons. The molecule has 7 nitrogen and oxygen atoms in total. The van der Waals surface area contributed by atoms with Gasteiger partial charge >= 0.3 is 0 Å². The minimum Gasteiger partial charge on any atom is -0.497 e. The van der Waals surface area contributed by atoms with Crippen molar-refractivity contribution in [1.82, 2.24) is 19.8 Å². The van der Waals surface area contributed by atoms with Crippen LogP contribution in [0.15, 0.2) is 30.5 Å². The van der Waals surface area contributed by atoms with E-state index in [1.165, 1.54) is 0 Å². The van der Waals surface area contributed by atoms with Crippen molar-refractivity contribution in [3.63, 3.8) is 0 Å². The average molecular weight is 394 g/mol. The van der Waals surface area contributed by atoms with Crippen LogP contribution in [0.4, 0.5) is 0 Å². The predicted octanol–water partition coefficient (Wildman–Crippen LogP) is 2.30. The van der Waals surface area contributed by atoms with E-state index in [4.69, 9.17) is 9.72 Å². The molecular weight excluding hydrogens is 368 g/mol. The molecule has 2 aliphatic rings. The number of carbonyl (C=O) groups excluding carboxylic acids is 2. The number of benzene rings is 1. The molecule has 0 radical (unpaired) electrons. The van der Waals surface area contributed by atoms with Gasteiger partial charge in [-0.05, 0) is 30.5 Å². The Morgan fingerprint density at radius 2 is 2.14 bits per heavy atom. The maximum Gasteiger partial charge on any atom is 0.227 e. The fraction of sp³-hybridized carbons (Fsp3) is 0.455. The van der Waals surface area contributed by atoms with E-state index in [0.717, 1.165) is 54.2 Å². The van der Waals surface area contributed by atoms with Crippen LogP contribution in [0, 0.1) is 0 Å². The Labute approximate surface area is 170 Å². The molecule has 7 heteroatoms. The second kappa shape index (κ2) is 8.19. The van der Waals surface area contributed by atoms with Gasteiger partial charge in [0.1, 0.15) is 5.75 Å². The molecule has 3 heterocycles. The van der Waals surface area contributed by atoms with Gasteiger partial charge in [0.2, 0.25) is 11.8 Å². The number of aromatic nitrogens is 2. The summed E-state index contributed by atoms with van der Waals surface area (Å²) in [5.41, 5.74) is 2.94. The zero-order valence-corrected chi connectivity index (χ0v) is 16.9. The van der Waals surface area contributed by atoms with Gasteiger partial charge in [0.05, 0.1) is 25.3 Å². The number of nitrogens with zero attached hydrogens (tertiary/aromatic N) is 4. The van der Waals surface area contributed by atoms with Crippen LogP contribution in [-0.2, 0) is 29.0 Å². The van der Waals surface area contributed by atoms with Crippen LogP contribution >= 0.6 is 0 Å². The van der Waals surface area contributed by atoms with Gasteiger partial charge in [0, 0.05) is 44.7 Å². The summed E-state index contributed by atoms with van der Waals surface area (Å²) in [4.78, 5) is 37.7. The van der Waals surface area contributed by atoms with Gasteiger partial charge < -0.3 is 14.5 Å². The van der Waals surface area contributed by atoms with Crippen molar-refractivity contribution in [2.24, 2.45) is 0 Å². The van der Waals surface area contributed by atoms with Gasteiger partial charge in [-0.3, -0.25) is 9.59 Å². The van der Waals surface area contributed by atoms with E-state index in [1.54, 1.807) is 14.0 Å². The lowest BCUT2D eigenvalue weighted by Crippen LogP contribution is -2.36. The number of hydrogen-bond acceptors (Lipinski definition) is 5. The monoisotopic (exact) mass is 394 g/mol. The van der Waals surface area contributed by atoms with E-state index < -0.39 is 0 Å². The molecule has 0 unspecified atom stereocenters. The Hall–Kier alpha value is -2.96. The molecule has 0 saturated carbocycles. The zero-order valence-electron chi connectivity index (χ0n) is 16.9. The highest BCUT2D eigenvalue weighted by molar-refractivity contribution is 5.79. The van der Waals surface area contributed by atoms with E-state index in [1.807, 2.05) is 40.3 Å². The topological polar surface area (TPSA) is 75.6 Å². The lowest BCUT2D eigenvalue weighted by molar-refractivity contribution is -0.132. The second-order valence-corrected chi connectivity index (χ2v) is 7.66. The first kappa shape index (κ1) is 19.4. The van der Waals surface area contributed by atoms with Crippen LogP contribution < -0.4 is 4.74 Å². The molecule has 1 fully saturated rings. The van der Waals surface area contributed by atoms with Crippen LogP contribution in [0.3, 0.4) is 0 Å². The van der Waals surface area contributed by atoms with Gasteiger partial charge in [-0.2, -0.15) is 0 Å². The summed E-state index contributed by atoms with van der Waals surface area (Å²) < 4.78 is 5.26. The maximum atomic E-state index is 13.0. The number of rotatable bonds is 4. The van der Waals surface area contributed by atoms with Crippen LogP contribution in [0.2, 0.25) is 0 Å². The number of ether oxygens (including phenoxy) is 1. The first-order chi connectivity index (χ1) is 14.0. The minimum absolute atomic E-state index is 0.0739. The number of amides is 2. The molecule has 2 amide bonds. The van der Waals surface area contributed by atoms with Crippen LogP contribution in [-0.4, -0.2) is 51.8 Å². The van der Waals surface area contributed by atoms with Crippen molar-refractivity contribution in [2.75, 3.05) is 20.2 Å². The third-order valence-electron chi connectivity index (χ3n) is 5.76. The smallest absolute Gasteiger partial charge is 0.227 e. The lowest BCUT2D eigenvalue weighted by Gasteiger charge is -2.28. The third kappa shape index (κ3) is 4.09. The minimum atomic E-state index is -0.0794. The number of carbonyl (C=O) groups is 2. The summed E-state index contributed by atoms with van der Waals surface area (Å²) >= 11 is 0. The Kier molecular flexibility index (Phi) is 5.47. The fourth-order valence-electron chi connectivity index (χ4n) is 4.15. The molecule has 1 aromatic carbocycles. The van der Waals surface area contributed by atoms with Crippen molar-refractivity contribution < 1.29 is 14.3 Å². The Balaban J connectivity index is 1.49.